The Kier molecular flexibility index (Phi) is 1.72. The molecule has 13 heavy (non-hydrogen) atoms. The molecule has 1 atom stereocenters. The van der Waals surface area contributed by atoms with Crippen molar-refractivity contribution in [2.75, 3.05) is 7.11 Å². The van der Waals surface area contributed by atoms with Crippen LogP contribution in [0.2, 0.25) is 0 Å². The van der Waals surface area contributed by atoms with E-state index in [9.17, 15) is 9.90 Å². The van der Waals surface area contributed by atoms with E-state index < -0.39 is 11.9 Å². The average molecular weight is 177 g/mol. The molecule has 0 bridgehead atoms. The highest BCUT2D eigenvalue weighted by Crippen LogP contribution is 2.36. The van der Waals surface area contributed by atoms with Gasteiger partial charge >= 0.3 is 0 Å². The predicted molar refractivity (Wildman–Crippen MR) is 44.4 cm³/mol. The van der Waals surface area contributed by atoms with E-state index in [1.165, 1.54) is 0 Å². The Morgan fingerprint density at radius 3 is 2.92 bits per heavy atom. The van der Waals surface area contributed by atoms with E-state index in [1.807, 2.05) is 6.07 Å². The van der Waals surface area contributed by atoms with Crippen molar-refractivity contribution in [1.29, 1.82) is 0 Å². The minimum atomic E-state index is -0.988. The summed E-state index contributed by atoms with van der Waals surface area (Å²) in [6.45, 7) is 0. The molecule has 1 aromatic carbocycles. The highest BCUT2D eigenvalue weighted by atomic mass is 16.5. The molecule has 0 N–H and O–H groups in total. The van der Waals surface area contributed by atoms with Crippen molar-refractivity contribution in [2.24, 2.45) is 0 Å². The van der Waals surface area contributed by atoms with Crippen LogP contribution in [0.15, 0.2) is 18.2 Å². The van der Waals surface area contributed by atoms with E-state index in [4.69, 9.17) is 4.74 Å². The lowest BCUT2D eigenvalue weighted by Gasteiger charge is -2.31. The number of methoxy groups -OCH3 is 1. The Morgan fingerprint density at radius 1 is 1.62 bits per heavy atom. The number of benzene rings is 1. The van der Waals surface area contributed by atoms with Gasteiger partial charge in [-0.05, 0) is 29.7 Å². The lowest BCUT2D eigenvalue weighted by molar-refractivity contribution is -0.308. The highest BCUT2D eigenvalue weighted by molar-refractivity contribution is 5.78. The fourth-order valence-electron chi connectivity index (χ4n) is 1.63. The molecule has 68 valence electrons. The number of ether oxygens (including phenoxy) is 1. The second kappa shape index (κ2) is 2.76. The molecule has 0 heterocycles. The van der Waals surface area contributed by atoms with Crippen molar-refractivity contribution >= 4 is 5.97 Å². The summed E-state index contributed by atoms with van der Waals surface area (Å²) in [7, 11) is 1.59. The number of fused-ring (bicyclic) bond motifs is 1. The number of carboxylic acid groups (broad SMARTS) is 1. The molecule has 0 spiro atoms. The van der Waals surface area contributed by atoms with Gasteiger partial charge in [-0.3, -0.25) is 0 Å². The molecule has 0 aromatic heterocycles. The standard InChI is InChI=1S/C10H10O3/c1-13-7-2-3-8-6(4-7)5-9(8)10(11)12/h2-4,9H,5H2,1H3,(H,11,12)/p-1/t9-/m1/s1. The Morgan fingerprint density at radius 2 is 2.38 bits per heavy atom. The molecule has 0 saturated heterocycles. The monoisotopic (exact) mass is 177 g/mol. The van der Waals surface area contributed by atoms with E-state index in [2.05, 4.69) is 0 Å². The highest BCUT2D eigenvalue weighted by Gasteiger charge is 2.27. The summed E-state index contributed by atoms with van der Waals surface area (Å²) >= 11 is 0. The van der Waals surface area contributed by atoms with Crippen molar-refractivity contribution in [1.82, 2.24) is 0 Å². The van der Waals surface area contributed by atoms with Crippen LogP contribution in [-0.4, -0.2) is 13.1 Å². The van der Waals surface area contributed by atoms with Gasteiger partial charge in [0.15, 0.2) is 0 Å². The summed E-state index contributed by atoms with van der Waals surface area (Å²) in [6, 6.07) is 5.43. The summed E-state index contributed by atoms with van der Waals surface area (Å²) in [5.41, 5.74) is 1.91. The summed E-state index contributed by atoms with van der Waals surface area (Å²) < 4.78 is 5.02. The third-order valence-electron chi connectivity index (χ3n) is 2.43. The largest absolute Gasteiger partial charge is 0.549 e. The second-order valence-electron chi connectivity index (χ2n) is 3.14. The van der Waals surface area contributed by atoms with Gasteiger partial charge in [0.2, 0.25) is 0 Å². The van der Waals surface area contributed by atoms with Crippen molar-refractivity contribution in [2.45, 2.75) is 12.3 Å². The summed E-state index contributed by atoms with van der Waals surface area (Å²) in [5.74, 6) is -0.630. The third-order valence-corrected chi connectivity index (χ3v) is 2.43. The number of hydrogen-bond donors (Lipinski definition) is 0. The van der Waals surface area contributed by atoms with Crippen molar-refractivity contribution in [3.63, 3.8) is 0 Å². The maximum absolute atomic E-state index is 10.6. The topological polar surface area (TPSA) is 49.4 Å². The molecule has 0 amide bonds. The van der Waals surface area contributed by atoms with Gasteiger partial charge in [0, 0.05) is 11.9 Å². The molecule has 0 aliphatic heterocycles. The molecular formula is C10H9O3-. The number of rotatable bonds is 2. The quantitative estimate of drug-likeness (QED) is 0.643. The number of hydrogen-bond acceptors (Lipinski definition) is 3. The molecule has 0 unspecified atom stereocenters. The van der Waals surface area contributed by atoms with E-state index in [1.54, 1.807) is 19.2 Å². The van der Waals surface area contributed by atoms with Crippen LogP contribution >= 0.6 is 0 Å². The fraction of sp³-hybridized carbons (Fsp3) is 0.300. The summed E-state index contributed by atoms with van der Waals surface area (Å²) in [6.07, 6.45) is 0.564. The van der Waals surface area contributed by atoms with Crippen molar-refractivity contribution in [3.8, 4) is 5.75 Å². The molecule has 0 radical (unpaired) electrons. The molecule has 1 aliphatic rings. The van der Waals surface area contributed by atoms with Gasteiger partial charge in [0.05, 0.1) is 7.11 Å². The molecule has 1 aromatic rings. The maximum atomic E-state index is 10.6. The van der Waals surface area contributed by atoms with Gasteiger partial charge in [-0.2, -0.15) is 0 Å². The lowest BCUT2D eigenvalue weighted by atomic mass is 9.77. The summed E-state index contributed by atoms with van der Waals surface area (Å²) in [4.78, 5) is 10.6. The van der Waals surface area contributed by atoms with E-state index >= 15 is 0 Å². The fourth-order valence-corrected chi connectivity index (χ4v) is 1.63. The molecule has 0 saturated carbocycles. The first-order valence-corrected chi connectivity index (χ1v) is 4.10. The van der Waals surface area contributed by atoms with Gasteiger partial charge in [0.25, 0.3) is 0 Å². The minimum absolute atomic E-state index is 0.416. The molecule has 3 nitrogen and oxygen atoms in total. The van der Waals surface area contributed by atoms with Crippen LogP contribution < -0.4 is 9.84 Å². The molecule has 0 fully saturated rings. The van der Waals surface area contributed by atoms with Crippen LogP contribution in [0.1, 0.15) is 17.0 Å². The van der Waals surface area contributed by atoms with Crippen molar-refractivity contribution < 1.29 is 14.6 Å². The predicted octanol–water partition coefficient (Wildman–Crippen LogP) is 0.0848. The average Bonchev–Trinajstić information content (AvgIpc) is 2.06. The zero-order chi connectivity index (χ0) is 9.42. The molecular weight excluding hydrogens is 168 g/mol. The van der Waals surface area contributed by atoms with Crippen LogP contribution in [-0.2, 0) is 11.2 Å². The first kappa shape index (κ1) is 8.10. The molecule has 1 aliphatic carbocycles. The van der Waals surface area contributed by atoms with E-state index in [0.717, 1.165) is 16.9 Å². The van der Waals surface area contributed by atoms with Crippen LogP contribution in [0.5, 0.6) is 5.75 Å². The zero-order valence-corrected chi connectivity index (χ0v) is 7.24. The number of aliphatic carboxylic acids is 1. The maximum Gasteiger partial charge on any atom is 0.119 e. The van der Waals surface area contributed by atoms with Crippen molar-refractivity contribution in [3.05, 3.63) is 29.3 Å². The van der Waals surface area contributed by atoms with Crippen LogP contribution in [0.3, 0.4) is 0 Å². The summed E-state index contributed by atoms with van der Waals surface area (Å²) in [5, 5.41) is 10.6. The van der Waals surface area contributed by atoms with Gasteiger partial charge in [0.1, 0.15) is 5.75 Å². The van der Waals surface area contributed by atoms with Gasteiger partial charge in [-0.1, -0.05) is 6.07 Å². The minimum Gasteiger partial charge on any atom is -0.549 e. The SMILES string of the molecule is COc1ccc2c(c1)C[C@H]2C(=O)[O-]. The number of carbonyl (C=O) groups is 1. The Hall–Kier alpha value is -1.51. The first-order chi connectivity index (χ1) is 6.22. The van der Waals surface area contributed by atoms with E-state index in [-0.39, 0.29) is 0 Å². The van der Waals surface area contributed by atoms with Crippen LogP contribution in [0.4, 0.5) is 0 Å². The Balaban J connectivity index is 2.30. The smallest absolute Gasteiger partial charge is 0.119 e. The second-order valence-corrected chi connectivity index (χ2v) is 3.14. The molecule has 3 heteroatoms. The number of carboxylic acids is 1. The van der Waals surface area contributed by atoms with Gasteiger partial charge in [-0.25, -0.2) is 0 Å². The first-order valence-electron chi connectivity index (χ1n) is 4.10. The van der Waals surface area contributed by atoms with E-state index in [0.29, 0.717) is 6.42 Å². The number of carbonyl (C=O) groups excluding carboxylic acids is 1. The van der Waals surface area contributed by atoms with Gasteiger partial charge < -0.3 is 14.6 Å². The normalized spacial score (nSPS) is 18.7. The van der Waals surface area contributed by atoms with Gasteiger partial charge in [-0.15, -0.1) is 0 Å². The zero-order valence-electron chi connectivity index (χ0n) is 7.24. The van der Waals surface area contributed by atoms with Crippen LogP contribution in [0.25, 0.3) is 0 Å². The van der Waals surface area contributed by atoms with Crippen LogP contribution in [0, 0.1) is 0 Å². The third kappa shape index (κ3) is 1.16. The Bertz CT molecular complexity index is 357. The lowest BCUT2D eigenvalue weighted by Crippen LogP contribution is -2.36. The Labute approximate surface area is 76.0 Å². The molecule has 2 rings (SSSR count).